The summed E-state index contributed by atoms with van der Waals surface area (Å²) in [6.07, 6.45) is 6.67. The molecule has 0 spiro atoms. The highest BCUT2D eigenvalue weighted by Gasteiger charge is 2.37. The molecule has 0 saturated heterocycles. The number of aliphatic hydroxyl groups is 1. The summed E-state index contributed by atoms with van der Waals surface area (Å²) in [4.78, 5) is 15.3. The summed E-state index contributed by atoms with van der Waals surface area (Å²) in [6.45, 7) is 7.21. The van der Waals surface area contributed by atoms with E-state index in [0.29, 0.717) is 29.1 Å². The van der Waals surface area contributed by atoms with Crippen LogP contribution in [0.15, 0.2) is 18.5 Å². The van der Waals surface area contributed by atoms with E-state index < -0.39 is 11.5 Å². The fourth-order valence-corrected chi connectivity index (χ4v) is 3.20. The number of carbonyl (C=O) groups excluding carboxylic acids is 1. The average Bonchev–Trinajstić information content (AvgIpc) is 2.45. The van der Waals surface area contributed by atoms with Crippen LogP contribution in [0.25, 0.3) is 0 Å². The summed E-state index contributed by atoms with van der Waals surface area (Å²) in [5.41, 5.74) is 5.90. The molecule has 1 aliphatic carbocycles. The van der Waals surface area contributed by atoms with Crippen LogP contribution in [0.5, 0.6) is 0 Å². The molecule has 0 aromatic carbocycles. The number of hydrogen-bond acceptors (Lipinski definition) is 4. The molecule has 1 fully saturated rings. The van der Waals surface area contributed by atoms with Crippen molar-refractivity contribution in [3.63, 3.8) is 0 Å². The Morgan fingerprint density at radius 3 is 2.64 bits per heavy atom. The molecule has 122 valence electrons. The highest BCUT2D eigenvalue weighted by atomic mass is 16.3. The van der Waals surface area contributed by atoms with E-state index in [1.807, 2.05) is 0 Å². The van der Waals surface area contributed by atoms with Crippen molar-refractivity contribution < 1.29 is 9.90 Å². The molecule has 1 aromatic rings. The van der Waals surface area contributed by atoms with Gasteiger partial charge in [-0.15, -0.1) is 0 Å². The number of nitrogens with one attached hydrogen (secondary N) is 1. The molecule has 1 amide bonds. The second kappa shape index (κ2) is 6.24. The summed E-state index contributed by atoms with van der Waals surface area (Å²) in [5, 5.41) is 13.9. The minimum atomic E-state index is -0.722. The van der Waals surface area contributed by atoms with Crippen molar-refractivity contribution in [2.45, 2.75) is 52.1 Å². The van der Waals surface area contributed by atoms with E-state index in [9.17, 15) is 9.90 Å². The van der Waals surface area contributed by atoms with Crippen molar-refractivity contribution in [2.24, 2.45) is 17.1 Å². The lowest BCUT2D eigenvalue weighted by Gasteiger charge is -2.41. The van der Waals surface area contributed by atoms with E-state index >= 15 is 0 Å². The molecule has 0 unspecified atom stereocenters. The average molecular weight is 305 g/mol. The number of anilines is 1. The molecule has 0 atom stereocenters. The topological polar surface area (TPSA) is 88.2 Å². The zero-order valence-corrected chi connectivity index (χ0v) is 13.7. The number of nitrogens with two attached hydrogens (primary N) is 1. The first-order valence-corrected chi connectivity index (χ1v) is 7.91. The van der Waals surface area contributed by atoms with E-state index in [4.69, 9.17) is 5.73 Å². The molecule has 4 N–H and O–H groups in total. The van der Waals surface area contributed by atoms with Gasteiger partial charge >= 0.3 is 0 Å². The zero-order chi connectivity index (χ0) is 16.4. The fourth-order valence-electron chi connectivity index (χ4n) is 3.20. The quantitative estimate of drug-likeness (QED) is 0.797. The number of rotatable bonds is 4. The van der Waals surface area contributed by atoms with Crippen molar-refractivity contribution >= 4 is 11.6 Å². The summed E-state index contributed by atoms with van der Waals surface area (Å²) >= 11 is 0. The highest BCUT2D eigenvalue weighted by molar-refractivity contribution is 5.98. The Morgan fingerprint density at radius 2 is 2.09 bits per heavy atom. The van der Waals surface area contributed by atoms with Gasteiger partial charge in [-0.05, 0) is 43.1 Å². The first kappa shape index (κ1) is 16.7. The number of carbonyl (C=O) groups is 1. The third-order valence-corrected chi connectivity index (χ3v) is 4.84. The SMILES string of the molecule is CC(C)(C)C1CCC(O)(CNc2ccncc2C(N)=O)CC1. The number of nitrogens with zero attached hydrogens (tertiary/aromatic N) is 1. The van der Waals surface area contributed by atoms with Crippen LogP contribution in [0, 0.1) is 11.3 Å². The molecule has 0 bridgehead atoms. The second-order valence-electron chi connectivity index (χ2n) is 7.50. The van der Waals surface area contributed by atoms with Crippen LogP contribution in [-0.2, 0) is 0 Å². The number of primary amides is 1. The monoisotopic (exact) mass is 305 g/mol. The van der Waals surface area contributed by atoms with Crippen molar-refractivity contribution in [1.82, 2.24) is 4.98 Å². The maximum absolute atomic E-state index is 11.4. The van der Waals surface area contributed by atoms with Crippen molar-refractivity contribution in [1.29, 1.82) is 0 Å². The summed E-state index contributed by atoms with van der Waals surface area (Å²) < 4.78 is 0. The molecule has 5 nitrogen and oxygen atoms in total. The van der Waals surface area contributed by atoms with Crippen molar-refractivity contribution in [3.05, 3.63) is 24.0 Å². The number of aromatic nitrogens is 1. The van der Waals surface area contributed by atoms with Crippen molar-refractivity contribution in [2.75, 3.05) is 11.9 Å². The van der Waals surface area contributed by atoms with Gasteiger partial charge in [0, 0.05) is 18.9 Å². The Balaban J connectivity index is 1.97. The lowest BCUT2D eigenvalue weighted by atomic mass is 9.68. The number of hydrogen-bond donors (Lipinski definition) is 3. The van der Waals surface area contributed by atoms with E-state index in [0.717, 1.165) is 25.7 Å². The van der Waals surface area contributed by atoms with Gasteiger partial charge < -0.3 is 16.2 Å². The van der Waals surface area contributed by atoms with E-state index in [1.54, 1.807) is 12.3 Å². The summed E-state index contributed by atoms with van der Waals surface area (Å²) in [6, 6.07) is 1.71. The summed E-state index contributed by atoms with van der Waals surface area (Å²) in [7, 11) is 0. The summed E-state index contributed by atoms with van der Waals surface area (Å²) in [5.74, 6) is 0.133. The Bertz CT molecular complexity index is 529. The molecule has 1 aliphatic rings. The van der Waals surface area contributed by atoms with Crippen LogP contribution in [0.1, 0.15) is 56.8 Å². The molecule has 22 heavy (non-hydrogen) atoms. The van der Waals surface area contributed by atoms with Crippen LogP contribution < -0.4 is 11.1 Å². The minimum absolute atomic E-state index is 0.291. The number of pyridine rings is 1. The second-order valence-corrected chi connectivity index (χ2v) is 7.50. The zero-order valence-electron chi connectivity index (χ0n) is 13.7. The molecule has 0 radical (unpaired) electrons. The van der Waals surface area contributed by atoms with E-state index in [1.165, 1.54) is 6.20 Å². The fraction of sp³-hybridized carbons (Fsp3) is 0.647. The predicted molar refractivity (Wildman–Crippen MR) is 87.6 cm³/mol. The minimum Gasteiger partial charge on any atom is -0.388 e. The van der Waals surface area contributed by atoms with Crippen LogP contribution in [0.3, 0.4) is 0 Å². The van der Waals surface area contributed by atoms with Gasteiger partial charge in [0.15, 0.2) is 0 Å². The maximum Gasteiger partial charge on any atom is 0.252 e. The molecule has 2 rings (SSSR count). The molecule has 0 aliphatic heterocycles. The van der Waals surface area contributed by atoms with Crippen molar-refractivity contribution in [3.8, 4) is 0 Å². The smallest absolute Gasteiger partial charge is 0.252 e. The lowest BCUT2D eigenvalue weighted by Crippen LogP contribution is -2.42. The highest BCUT2D eigenvalue weighted by Crippen LogP contribution is 2.41. The van der Waals surface area contributed by atoms with Gasteiger partial charge in [-0.25, -0.2) is 0 Å². The van der Waals surface area contributed by atoms with Gasteiger partial charge in [-0.1, -0.05) is 20.8 Å². The van der Waals surface area contributed by atoms with E-state index in [2.05, 4.69) is 31.1 Å². The van der Waals surface area contributed by atoms with Crippen LogP contribution >= 0.6 is 0 Å². The Labute approximate surface area is 132 Å². The van der Waals surface area contributed by atoms with Crippen LogP contribution in [0.4, 0.5) is 5.69 Å². The molecule has 1 aromatic heterocycles. The first-order valence-electron chi connectivity index (χ1n) is 7.91. The Hall–Kier alpha value is -1.62. The molecular formula is C17H27N3O2. The molecular weight excluding hydrogens is 278 g/mol. The largest absolute Gasteiger partial charge is 0.388 e. The Morgan fingerprint density at radius 1 is 1.45 bits per heavy atom. The maximum atomic E-state index is 11.4. The first-order chi connectivity index (χ1) is 10.2. The molecule has 5 heteroatoms. The molecule has 1 saturated carbocycles. The number of amides is 1. The predicted octanol–water partition coefficient (Wildman–Crippen LogP) is 2.56. The van der Waals surface area contributed by atoms with Gasteiger partial charge in [0.1, 0.15) is 0 Å². The van der Waals surface area contributed by atoms with Crippen LogP contribution in [0.2, 0.25) is 0 Å². The van der Waals surface area contributed by atoms with E-state index in [-0.39, 0.29) is 0 Å². The van der Waals surface area contributed by atoms with Gasteiger partial charge in [0.2, 0.25) is 0 Å². The van der Waals surface area contributed by atoms with Gasteiger partial charge in [-0.2, -0.15) is 0 Å². The Kier molecular flexibility index (Phi) is 4.75. The van der Waals surface area contributed by atoms with Crippen LogP contribution in [-0.4, -0.2) is 28.1 Å². The normalized spacial score (nSPS) is 25.7. The third kappa shape index (κ3) is 3.97. The standard InChI is InChI=1S/C17H27N3O2/c1-16(2,3)12-4-7-17(22,8-5-12)11-20-14-6-9-19-10-13(14)15(18)21/h6,9-10,12,22H,4-5,7-8,11H2,1-3H3,(H2,18,21)(H,19,20). The third-order valence-electron chi connectivity index (χ3n) is 4.84. The van der Waals surface area contributed by atoms with Gasteiger partial charge in [0.05, 0.1) is 16.9 Å². The lowest BCUT2D eigenvalue weighted by molar-refractivity contribution is -0.0143. The molecule has 1 heterocycles. The van der Waals surface area contributed by atoms with Gasteiger partial charge in [0.25, 0.3) is 5.91 Å². The van der Waals surface area contributed by atoms with Gasteiger partial charge in [-0.3, -0.25) is 9.78 Å².